The summed E-state index contributed by atoms with van der Waals surface area (Å²) in [4.78, 5) is 35.2. The van der Waals surface area contributed by atoms with Crippen LogP contribution in [-0.2, 0) is 25.5 Å². The Hall–Kier alpha value is -3.55. The zero-order valence-corrected chi connectivity index (χ0v) is 17.5. The van der Waals surface area contributed by atoms with Crippen molar-refractivity contribution in [2.45, 2.75) is 33.6 Å². The van der Waals surface area contributed by atoms with E-state index in [4.69, 9.17) is 14.2 Å². The zero-order valence-electron chi connectivity index (χ0n) is 17.5. The van der Waals surface area contributed by atoms with Crippen molar-refractivity contribution in [1.29, 1.82) is 0 Å². The van der Waals surface area contributed by atoms with E-state index in [0.717, 1.165) is 5.56 Å². The maximum absolute atomic E-state index is 11.8. The minimum Gasteiger partial charge on any atom is -0.497 e. The summed E-state index contributed by atoms with van der Waals surface area (Å²) in [6, 6.07) is 10.3. The number of esters is 1. The van der Waals surface area contributed by atoms with Crippen LogP contribution >= 0.6 is 0 Å². The quantitative estimate of drug-likeness (QED) is 0.603. The molecule has 0 heterocycles. The average Bonchev–Trinajstić information content (AvgIpc) is 2.68. The average molecular weight is 414 g/mol. The smallest absolute Gasteiger partial charge is 0.306 e. The first-order chi connectivity index (χ1) is 14.3. The number of nitrogens with one attached hydrogen (secondary N) is 2. The molecule has 0 unspecified atom stereocenters. The van der Waals surface area contributed by atoms with Gasteiger partial charge in [0.25, 0.3) is 0 Å². The van der Waals surface area contributed by atoms with Gasteiger partial charge in [0.2, 0.25) is 11.8 Å². The second-order valence-electron chi connectivity index (χ2n) is 6.47. The van der Waals surface area contributed by atoms with E-state index in [0.29, 0.717) is 35.9 Å². The second kappa shape index (κ2) is 10.8. The number of anilines is 2. The first-order valence-corrected chi connectivity index (χ1v) is 9.52. The summed E-state index contributed by atoms with van der Waals surface area (Å²) < 4.78 is 16.1. The van der Waals surface area contributed by atoms with Gasteiger partial charge < -0.3 is 24.8 Å². The zero-order chi connectivity index (χ0) is 22.1. The molecule has 2 aromatic rings. The summed E-state index contributed by atoms with van der Waals surface area (Å²) >= 11 is 0. The maximum atomic E-state index is 11.8. The van der Waals surface area contributed by atoms with Gasteiger partial charge in [-0.05, 0) is 55.3 Å². The minimum absolute atomic E-state index is 0.172. The highest BCUT2D eigenvalue weighted by Crippen LogP contribution is 2.39. The Bertz CT molecular complexity index is 871. The van der Waals surface area contributed by atoms with Crippen LogP contribution in [-0.4, -0.2) is 31.5 Å². The number of aryl methyl sites for hydroxylation is 1. The normalized spacial score (nSPS) is 10.1. The predicted molar refractivity (Wildman–Crippen MR) is 113 cm³/mol. The van der Waals surface area contributed by atoms with Crippen LogP contribution in [0.15, 0.2) is 36.4 Å². The Labute approximate surface area is 175 Å². The molecule has 30 heavy (non-hydrogen) atoms. The molecule has 0 aliphatic heterocycles. The van der Waals surface area contributed by atoms with Crippen molar-refractivity contribution in [3.05, 3.63) is 42.0 Å². The molecule has 0 radical (unpaired) electrons. The fourth-order valence-corrected chi connectivity index (χ4v) is 2.75. The maximum Gasteiger partial charge on any atom is 0.306 e. The molecule has 0 aliphatic carbocycles. The molecule has 2 N–H and O–H groups in total. The van der Waals surface area contributed by atoms with Crippen LogP contribution in [0.1, 0.15) is 32.8 Å². The largest absolute Gasteiger partial charge is 0.497 e. The number of rotatable bonds is 9. The van der Waals surface area contributed by atoms with Gasteiger partial charge in [-0.3, -0.25) is 14.4 Å². The number of benzene rings is 2. The van der Waals surface area contributed by atoms with Crippen LogP contribution in [0.25, 0.3) is 0 Å². The highest BCUT2D eigenvalue weighted by Gasteiger charge is 2.17. The summed E-state index contributed by atoms with van der Waals surface area (Å²) in [5, 5.41) is 5.45. The lowest BCUT2D eigenvalue weighted by molar-refractivity contribution is -0.143. The molecule has 8 heteroatoms. The number of carbonyl (C=O) groups is 3. The van der Waals surface area contributed by atoms with E-state index in [9.17, 15) is 14.4 Å². The fraction of sp³-hybridized carbons (Fsp3) is 0.318. The van der Waals surface area contributed by atoms with Gasteiger partial charge >= 0.3 is 5.97 Å². The van der Waals surface area contributed by atoms with E-state index >= 15 is 0 Å². The van der Waals surface area contributed by atoms with Crippen molar-refractivity contribution < 1.29 is 28.6 Å². The van der Waals surface area contributed by atoms with Gasteiger partial charge in [0, 0.05) is 20.3 Å². The lowest BCUT2D eigenvalue weighted by Crippen LogP contribution is -2.12. The van der Waals surface area contributed by atoms with Crippen molar-refractivity contribution in [2.24, 2.45) is 0 Å². The van der Waals surface area contributed by atoms with E-state index in [1.165, 1.54) is 13.8 Å². The summed E-state index contributed by atoms with van der Waals surface area (Å²) in [5.41, 5.74) is 1.49. The molecule has 0 aromatic heterocycles. The number of hydrogen-bond donors (Lipinski definition) is 2. The minimum atomic E-state index is -0.321. The van der Waals surface area contributed by atoms with Gasteiger partial charge in [0.1, 0.15) is 11.5 Å². The molecule has 2 amide bonds. The molecular formula is C22H26N2O6. The summed E-state index contributed by atoms with van der Waals surface area (Å²) in [6.07, 6.45) is 0.548. The SMILES string of the molecule is CCOC(=O)CCc1cc(NC(C)=O)c(Oc2ccc(OC)cc2)c(NC(C)=O)c1. The first-order valence-electron chi connectivity index (χ1n) is 9.52. The highest BCUT2D eigenvalue weighted by atomic mass is 16.5. The van der Waals surface area contributed by atoms with Crippen LogP contribution < -0.4 is 20.1 Å². The van der Waals surface area contributed by atoms with E-state index in [-0.39, 0.29) is 30.0 Å². The highest BCUT2D eigenvalue weighted by molar-refractivity contribution is 5.96. The predicted octanol–water partition coefficient (Wildman–Crippen LogP) is 3.90. The Morgan fingerprint density at radius 2 is 1.43 bits per heavy atom. The van der Waals surface area contributed by atoms with Crippen molar-refractivity contribution in [1.82, 2.24) is 0 Å². The van der Waals surface area contributed by atoms with Crippen LogP contribution in [0.2, 0.25) is 0 Å². The molecule has 2 rings (SSSR count). The molecule has 0 bridgehead atoms. The van der Waals surface area contributed by atoms with Crippen molar-refractivity contribution in [2.75, 3.05) is 24.4 Å². The number of carbonyl (C=O) groups excluding carboxylic acids is 3. The van der Waals surface area contributed by atoms with Gasteiger partial charge in [-0.2, -0.15) is 0 Å². The Balaban J connectivity index is 2.42. The van der Waals surface area contributed by atoms with Gasteiger partial charge in [0.15, 0.2) is 5.75 Å². The Morgan fingerprint density at radius 1 is 0.900 bits per heavy atom. The van der Waals surface area contributed by atoms with Gasteiger partial charge in [-0.25, -0.2) is 0 Å². The van der Waals surface area contributed by atoms with Gasteiger partial charge in [0.05, 0.1) is 25.1 Å². The molecule has 8 nitrogen and oxygen atoms in total. The third kappa shape index (κ3) is 6.80. The monoisotopic (exact) mass is 414 g/mol. The van der Waals surface area contributed by atoms with Crippen LogP contribution in [0.4, 0.5) is 11.4 Å². The number of hydrogen-bond acceptors (Lipinski definition) is 6. The van der Waals surface area contributed by atoms with E-state index in [1.54, 1.807) is 50.4 Å². The molecule has 0 fully saturated rings. The van der Waals surface area contributed by atoms with Gasteiger partial charge in [-0.1, -0.05) is 0 Å². The molecule has 2 aromatic carbocycles. The number of methoxy groups -OCH3 is 1. The molecular weight excluding hydrogens is 388 g/mol. The summed E-state index contributed by atoms with van der Waals surface area (Å²) in [6.45, 7) is 4.80. The van der Waals surface area contributed by atoms with E-state index in [1.807, 2.05) is 0 Å². The van der Waals surface area contributed by atoms with Crippen LogP contribution in [0.5, 0.6) is 17.2 Å². The first kappa shape index (κ1) is 22.7. The van der Waals surface area contributed by atoms with Crippen molar-refractivity contribution >= 4 is 29.2 Å². The lowest BCUT2D eigenvalue weighted by atomic mass is 10.1. The number of ether oxygens (including phenoxy) is 3. The fourth-order valence-electron chi connectivity index (χ4n) is 2.75. The van der Waals surface area contributed by atoms with Crippen molar-refractivity contribution in [3.63, 3.8) is 0 Å². The Kier molecular flexibility index (Phi) is 8.22. The summed E-state index contributed by atoms with van der Waals surface area (Å²) in [5.74, 6) is 0.523. The topological polar surface area (TPSA) is 103 Å². The van der Waals surface area contributed by atoms with Crippen LogP contribution in [0.3, 0.4) is 0 Å². The number of amides is 2. The molecule has 0 aliphatic rings. The summed E-state index contributed by atoms with van der Waals surface area (Å²) in [7, 11) is 1.56. The third-order valence-corrected chi connectivity index (χ3v) is 3.97. The van der Waals surface area contributed by atoms with Gasteiger partial charge in [-0.15, -0.1) is 0 Å². The van der Waals surface area contributed by atoms with E-state index in [2.05, 4.69) is 10.6 Å². The standard InChI is InChI=1S/C22H26N2O6/c1-5-29-21(27)11-6-16-12-19(23-14(2)25)22(20(13-16)24-15(3)26)30-18-9-7-17(28-4)8-10-18/h7-10,12-13H,5-6,11H2,1-4H3,(H,23,25)(H,24,26). The Morgan fingerprint density at radius 3 is 1.90 bits per heavy atom. The van der Waals surface area contributed by atoms with E-state index < -0.39 is 0 Å². The second-order valence-corrected chi connectivity index (χ2v) is 6.47. The molecule has 0 atom stereocenters. The molecule has 0 saturated heterocycles. The third-order valence-electron chi connectivity index (χ3n) is 3.97. The lowest BCUT2D eigenvalue weighted by Gasteiger charge is -2.18. The van der Waals surface area contributed by atoms with Crippen LogP contribution in [0, 0.1) is 0 Å². The van der Waals surface area contributed by atoms with Crippen molar-refractivity contribution in [3.8, 4) is 17.2 Å². The molecule has 0 saturated carbocycles. The molecule has 160 valence electrons. The molecule has 0 spiro atoms.